The second-order valence-electron chi connectivity index (χ2n) is 6.44. The third-order valence-corrected chi connectivity index (χ3v) is 5.05. The second-order valence-corrected chi connectivity index (χ2v) is 7.36. The van der Waals surface area contributed by atoms with Crippen LogP contribution in [0.3, 0.4) is 0 Å². The Morgan fingerprint density at radius 3 is 2.37 bits per heavy atom. The van der Waals surface area contributed by atoms with Gasteiger partial charge in [0.05, 0.1) is 5.69 Å². The molecule has 138 valence electrons. The zero-order valence-corrected chi connectivity index (χ0v) is 16.5. The Hall–Kier alpha value is -2.74. The molecule has 8 heteroatoms. The number of benzene rings is 1. The fraction of sp³-hybridized carbons (Fsp3) is 0.263. The van der Waals surface area contributed by atoms with Crippen LogP contribution in [0.4, 0.5) is 5.82 Å². The van der Waals surface area contributed by atoms with E-state index in [-0.39, 0.29) is 5.91 Å². The maximum Gasteiger partial charge on any atom is 0.254 e. The monoisotopic (exact) mass is 426 g/mol. The molecule has 0 atom stereocenters. The van der Waals surface area contributed by atoms with Crippen LogP contribution in [0.25, 0.3) is 5.82 Å². The third kappa shape index (κ3) is 3.85. The van der Waals surface area contributed by atoms with E-state index in [0.29, 0.717) is 24.5 Å². The average molecular weight is 427 g/mol. The van der Waals surface area contributed by atoms with Gasteiger partial charge in [0.2, 0.25) is 0 Å². The molecule has 4 rings (SSSR count). The highest BCUT2D eigenvalue weighted by molar-refractivity contribution is 9.10. The molecule has 3 heterocycles. The van der Waals surface area contributed by atoms with Crippen molar-refractivity contribution >= 4 is 27.7 Å². The van der Waals surface area contributed by atoms with Crippen LogP contribution < -0.4 is 4.90 Å². The predicted octanol–water partition coefficient (Wildman–Crippen LogP) is 2.70. The molecule has 0 unspecified atom stereocenters. The topological polar surface area (TPSA) is 67.2 Å². The highest BCUT2D eigenvalue weighted by Gasteiger charge is 2.23. The van der Waals surface area contributed by atoms with Crippen LogP contribution in [0, 0.1) is 6.92 Å². The summed E-state index contributed by atoms with van der Waals surface area (Å²) >= 11 is 3.42. The summed E-state index contributed by atoms with van der Waals surface area (Å²) in [4.78, 5) is 16.7. The van der Waals surface area contributed by atoms with E-state index in [9.17, 15) is 4.79 Å². The molecule has 0 spiro atoms. The SMILES string of the molecule is Cc1ccn(-c2ccc(N3CCN(C(=O)c4cccc(Br)c4)CC3)nn2)n1. The van der Waals surface area contributed by atoms with Crippen LogP contribution in [0.2, 0.25) is 0 Å². The number of nitrogens with zero attached hydrogens (tertiary/aromatic N) is 6. The number of halogens is 1. The number of aryl methyl sites for hydroxylation is 1. The predicted molar refractivity (Wildman–Crippen MR) is 106 cm³/mol. The summed E-state index contributed by atoms with van der Waals surface area (Å²) in [6, 6.07) is 13.3. The first-order valence-electron chi connectivity index (χ1n) is 8.76. The number of aromatic nitrogens is 4. The van der Waals surface area contributed by atoms with Gasteiger partial charge in [-0.2, -0.15) is 5.10 Å². The zero-order chi connectivity index (χ0) is 18.8. The molecule has 1 saturated heterocycles. The van der Waals surface area contributed by atoms with Gasteiger partial charge in [-0.1, -0.05) is 22.0 Å². The van der Waals surface area contributed by atoms with Crippen LogP contribution in [0.1, 0.15) is 16.1 Å². The lowest BCUT2D eigenvalue weighted by molar-refractivity contribution is 0.0746. The summed E-state index contributed by atoms with van der Waals surface area (Å²) in [5.74, 6) is 1.57. The normalized spacial score (nSPS) is 14.4. The molecule has 0 saturated carbocycles. The molecule has 0 bridgehead atoms. The first kappa shape index (κ1) is 17.7. The van der Waals surface area contributed by atoms with Crippen molar-refractivity contribution in [3.05, 3.63) is 64.4 Å². The van der Waals surface area contributed by atoms with Crippen molar-refractivity contribution < 1.29 is 4.79 Å². The summed E-state index contributed by atoms with van der Waals surface area (Å²) in [6.07, 6.45) is 1.87. The fourth-order valence-electron chi connectivity index (χ4n) is 3.09. The molecule has 1 amide bonds. The minimum atomic E-state index is 0.0615. The number of carbonyl (C=O) groups is 1. The second kappa shape index (κ2) is 7.48. The van der Waals surface area contributed by atoms with Gasteiger partial charge in [-0.25, -0.2) is 4.68 Å². The van der Waals surface area contributed by atoms with E-state index in [1.54, 1.807) is 4.68 Å². The summed E-state index contributed by atoms with van der Waals surface area (Å²) < 4.78 is 2.62. The molecule has 0 N–H and O–H groups in total. The summed E-state index contributed by atoms with van der Waals surface area (Å²) in [6.45, 7) is 4.72. The lowest BCUT2D eigenvalue weighted by Gasteiger charge is -2.35. The summed E-state index contributed by atoms with van der Waals surface area (Å²) in [7, 11) is 0. The van der Waals surface area contributed by atoms with E-state index in [2.05, 4.69) is 36.1 Å². The summed E-state index contributed by atoms with van der Waals surface area (Å²) in [5, 5.41) is 12.9. The maximum absolute atomic E-state index is 12.6. The number of hydrogen-bond donors (Lipinski definition) is 0. The van der Waals surface area contributed by atoms with Gasteiger partial charge in [0.1, 0.15) is 0 Å². The molecule has 7 nitrogen and oxygen atoms in total. The van der Waals surface area contributed by atoms with E-state index in [4.69, 9.17) is 0 Å². The lowest BCUT2D eigenvalue weighted by atomic mass is 10.2. The van der Waals surface area contributed by atoms with Gasteiger partial charge in [-0.05, 0) is 43.3 Å². The molecule has 27 heavy (non-hydrogen) atoms. The standard InChI is InChI=1S/C19H19BrN6O/c1-14-7-8-26(23-14)18-6-5-17(21-22-18)24-9-11-25(12-10-24)19(27)15-3-2-4-16(20)13-15/h2-8,13H,9-12H2,1H3. The Labute approximate surface area is 165 Å². The van der Waals surface area contributed by atoms with E-state index in [1.807, 2.05) is 60.5 Å². The van der Waals surface area contributed by atoms with Crippen LogP contribution in [-0.2, 0) is 0 Å². The number of anilines is 1. The van der Waals surface area contributed by atoms with Crippen LogP contribution in [-0.4, -0.2) is 57.0 Å². The molecule has 0 aliphatic carbocycles. The zero-order valence-electron chi connectivity index (χ0n) is 14.9. The molecular weight excluding hydrogens is 408 g/mol. The molecule has 1 fully saturated rings. The molecule has 0 radical (unpaired) electrons. The Kier molecular flexibility index (Phi) is 4.89. The van der Waals surface area contributed by atoms with Gasteiger partial charge in [0, 0.05) is 42.4 Å². The molecular formula is C19H19BrN6O. The highest BCUT2D eigenvalue weighted by atomic mass is 79.9. The van der Waals surface area contributed by atoms with Gasteiger partial charge < -0.3 is 9.80 Å². The van der Waals surface area contributed by atoms with Gasteiger partial charge in [-0.3, -0.25) is 4.79 Å². The molecule has 3 aromatic rings. The molecule has 1 aliphatic heterocycles. The van der Waals surface area contributed by atoms with Crippen molar-refractivity contribution in [3.8, 4) is 5.82 Å². The minimum absolute atomic E-state index is 0.0615. The Balaban J connectivity index is 1.39. The largest absolute Gasteiger partial charge is 0.352 e. The van der Waals surface area contributed by atoms with Crippen molar-refractivity contribution in [1.82, 2.24) is 24.9 Å². The van der Waals surface area contributed by atoms with Crippen molar-refractivity contribution in [2.24, 2.45) is 0 Å². The van der Waals surface area contributed by atoms with E-state index >= 15 is 0 Å². The lowest BCUT2D eigenvalue weighted by Crippen LogP contribution is -2.49. The number of piperazine rings is 1. The number of rotatable bonds is 3. The van der Waals surface area contributed by atoms with Gasteiger partial charge in [0.25, 0.3) is 5.91 Å². The highest BCUT2D eigenvalue weighted by Crippen LogP contribution is 2.17. The Morgan fingerprint density at radius 1 is 1.00 bits per heavy atom. The van der Waals surface area contributed by atoms with Crippen LogP contribution >= 0.6 is 15.9 Å². The van der Waals surface area contributed by atoms with E-state index in [0.717, 1.165) is 29.1 Å². The van der Waals surface area contributed by atoms with Gasteiger partial charge in [-0.15, -0.1) is 10.2 Å². The van der Waals surface area contributed by atoms with Crippen LogP contribution in [0.15, 0.2) is 53.1 Å². The maximum atomic E-state index is 12.6. The first-order chi connectivity index (χ1) is 13.1. The van der Waals surface area contributed by atoms with E-state index < -0.39 is 0 Å². The molecule has 1 aliphatic rings. The first-order valence-corrected chi connectivity index (χ1v) is 9.55. The fourth-order valence-corrected chi connectivity index (χ4v) is 3.49. The minimum Gasteiger partial charge on any atom is -0.352 e. The van der Waals surface area contributed by atoms with E-state index in [1.165, 1.54) is 0 Å². The van der Waals surface area contributed by atoms with Crippen LogP contribution in [0.5, 0.6) is 0 Å². The average Bonchev–Trinajstić information content (AvgIpc) is 3.14. The van der Waals surface area contributed by atoms with Crippen molar-refractivity contribution in [2.45, 2.75) is 6.92 Å². The van der Waals surface area contributed by atoms with Crippen molar-refractivity contribution in [2.75, 3.05) is 31.1 Å². The number of amides is 1. The van der Waals surface area contributed by atoms with Gasteiger partial charge >= 0.3 is 0 Å². The molecule has 2 aromatic heterocycles. The van der Waals surface area contributed by atoms with Crippen molar-refractivity contribution in [3.63, 3.8) is 0 Å². The Bertz CT molecular complexity index is 947. The number of hydrogen-bond acceptors (Lipinski definition) is 5. The number of carbonyl (C=O) groups excluding carboxylic acids is 1. The van der Waals surface area contributed by atoms with Crippen molar-refractivity contribution in [1.29, 1.82) is 0 Å². The third-order valence-electron chi connectivity index (χ3n) is 4.56. The van der Waals surface area contributed by atoms with Gasteiger partial charge in [0.15, 0.2) is 11.6 Å². The summed E-state index contributed by atoms with van der Waals surface area (Å²) in [5.41, 5.74) is 1.64. The molecule has 1 aromatic carbocycles. The quantitative estimate of drug-likeness (QED) is 0.643. The Morgan fingerprint density at radius 2 is 1.74 bits per heavy atom. The smallest absolute Gasteiger partial charge is 0.254 e.